The fourth-order valence-corrected chi connectivity index (χ4v) is 3.09. The van der Waals surface area contributed by atoms with Crippen molar-refractivity contribution < 1.29 is 9.53 Å². The van der Waals surface area contributed by atoms with Crippen LogP contribution in [0.25, 0.3) is 0 Å². The largest absolute Gasteiger partial charge is 0.460 e. The topological polar surface area (TPSA) is 26.3 Å². The second-order valence-corrected chi connectivity index (χ2v) is 8.46. The van der Waals surface area contributed by atoms with Gasteiger partial charge in [0.05, 0.1) is 0 Å². The molecule has 0 aromatic carbocycles. The van der Waals surface area contributed by atoms with Crippen LogP contribution in [-0.2, 0) is 9.53 Å². The van der Waals surface area contributed by atoms with Gasteiger partial charge in [-0.15, -0.1) is 0 Å². The van der Waals surface area contributed by atoms with E-state index in [1.807, 2.05) is 20.8 Å². The monoisotopic (exact) mass is 324 g/mol. The predicted octanol–water partition coefficient (Wildman–Crippen LogP) is 6.81. The zero-order chi connectivity index (χ0) is 17.0. The summed E-state index contributed by atoms with van der Waals surface area (Å²) in [5.74, 6) is 1.07. The maximum Gasteiger partial charge on any atom is 0.306 e. The van der Waals surface area contributed by atoms with E-state index >= 15 is 0 Å². The molecule has 2 heteroatoms. The Morgan fingerprint density at radius 3 is 1.65 bits per heavy atom. The molecule has 0 N–H and O–H groups in total. The Hall–Kier alpha value is -0.530. The first-order chi connectivity index (χ1) is 11.0. The first kappa shape index (κ1) is 20.5. The summed E-state index contributed by atoms with van der Waals surface area (Å²) in [6, 6.07) is 0. The first-order valence-corrected chi connectivity index (χ1v) is 10.2. The Morgan fingerprint density at radius 1 is 0.783 bits per heavy atom. The van der Waals surface area contributed by atoms with E-state index in [2.05, 4.69) is 0 Å². The highest BCUT2D eigenvalue weighted by molar-refractivity contribution is 5.69. The normalized spacial score (nSPS) is 14.9. The lowest BCUT2D eigenvalue weighted by Crippen LogP contribution is -2.23. The van der Waals surface area contributed by atoms with E-state index in [1.54, 1.807) is 0 Å². The molecule has 0 heterocycles. The number of ether oxygens (including phenoxy) is 1. The maximum atomic E-state index is 11.6. The lowest BCUT2D eigenvalue weighted by molar-refractivity contribution is -0.154. The summed E-state index contributed by atoms with van der Waals surface area (Å²) in [6.07, 6.45) is 19.9. The van der Waals surface area contributed by atoms with Crippen molar-refractivity contribution in [1.29, 1.82) is 0 Å². The van der Waals surface area contributed by atoms with Crippen molar-refractivity contribution in [3.8, 4) is 0 Å². The maximum absolute atomic E-state index is 11.6. The van der Waals surface area contributed by atoms with Crippen LogP contribution in [0.3, 0.4) is 0 Å². The van der Waals surface area contributed by atoms with E-state index in [0.717, 1.165) is 12.3 Å². The van der Waals surface area contributed by atoms with Crippen molar-refractivity contribution in [2.45, 2.75) is 123 Å². The highest BCUT2D eigenvalue weighted by atomic mass is 16.6. The quantitative estimate of drug-likeness (QED) is 0.259. The summed E-state index contributed by atoms with van der Waals surface area (Å²) >= 11 is 0. The summed E-state index contributed by atoms with van der Waals surface area (Å²) in [7, 11) is 0. The van der Waals surface area contributed by atoms with Crippen LogP contribution >= 0.6 is 0 Å². The van der Waals surface area contributed by atoms with E-state index < -0.39 is 0 Å². The van der Waals surface area contributed by atoms with Crippen LogP contribution in [0, 0.1) is 5.92 Å². The fraction of sp³-hybridized carbons (Fsp3) is 0.952. The minimum Gasteiger partial charge on any atom is -0.460 e. The van der Waals surface area contributed by atoms with Crippen molar-refractivity contribution in [3.05, 3.63) is 0 Å². The summed E-state index contributed by atoms with van der Waals surface area (Å²) in [4.78, 5) is 11.6. The highest BCUT2D eigenvalue weighted by Gasteiger charge is 2.19. The van der Waals surface area contributed by atoms with Gasteiger partial charge in [-0.05, 0) is 33.1 Å². The fourth-order valence-electron chi connectivity index (χ4n) is 3.09. The number of rotatable bonds is 14. The third kappa shape index (κ3) is 14.8. The summed E-state index contributed by atoms with van der Waals surface area (Å²) in [5, 5.41) is 0. The minimum atomic E-state index is -0.338. The number of carbonyl (C=O) groups excluding carboxylic acids is 1. The van der Waals surface area contributed by atoms with Crippen LogP contribution in [0.5, 0.6) is 0 Å². The number of unbranched alkanes of at least 4 members (excludes halogenated alkanes) is 10. The molecule has 0 bridgehead atoms. The third-order valence-corrected chi connectivity index (χ3v) is 4.61. The zero-order valence-electron chi connectivity index (χ0n) is 16.0. The highest BCUT2D eigenvalue weighted by Crippen LogP contribution is 2.34. The van der Waals surface area contributed by atoms with Crippen molar-refractivity contribution in [2.75, 3.05) is 0 Å². The van der Waals surface area contributed by atoms with E-state index in [9.17, 15) is 4.79 Å². The number of hydrogen-bond donors (Lipinski definition) is 0. The smallest absolute Gasteiger partial charge is 0.306 e. The Kier molecular flexibility index (Phi) is 10.6. The molecule has 0 saturated heterocycles. The predicted molar refractivity (Wildman–Crippen MR) is 98.6 cm³/mol. The van der Waals surface area contributed by atoms with E-state index in [-0.39, 0.29) is 11.6 Å². The van der Waals surface area contributed by atoms with Crippen LogP contribution < -0.4 is 0 Å². The van der Waals surface area contributed by atoms with E-state index in [4.69, 9.17) is 4.74 Å². The molecule has 136 valence electrons. The molecule has 1 saturated carbocycles. The first-order valence-electron chi connectivity index (χ1n) is 10.2. The average molecular weight is 325 g/mol. The average Bonchev–Trinajstić information content (AvgIpc) is 3.26. The van der Waals surface area contributed by atoms with Gasteiger partial charge in [0.25, 0.3) is 0 Å². The van der Waals surface area contributed by atoms with Crippen LogP contribution in [0.1, 0.15) is 117 Å². The lowest BCUT2D eigenvalue weighted by Gasteiger charge is -2.19. The summed E-state index contributed by atoms with van der Waals surface area (Å²) in [5.41, 5.74) is -0.338. The second kappa shape index (κ2) is 11.9. The molecular formula is C21H40O2. The van der Waals surface area contributed by atoms with Gasteiger partial charge >= 0.3 is 5.97 Å². The SMILES string of the molecule is CC(C)(C)OC(=O)CCCCCCCCCCCCCC1CC1. The van der Waals surface area contributed by atoms with Gasteiger partial charge in [0.2, 0.25) is 0 Å². The van der Waals surface area contributed by atoms with E-state index in [1.165, 1.54) is 83.5 Å². The van der Waals surface area contributed by atoms with Gasteiger partial charge < -0.3 is 4.74 Å². The van der Waals surface area contributed by atoms with Crippen molar-refractivity contribution in [2.24, 2.45) is 5.92 Å². The lowest BCUT2D eigenvalue weighted by atomic mass is 10.0. The Labute approximate surface area is 144 Å². The van der Waals surface area contributed by atoms with Gasteiger partial charge in [-0.2, -0.15) is 0 Å². The molecule has 0 amide bonds. The Morgan fingerprint density at radius 2 is 1.22 bits per heavy atom. The molecule has 0 aromatic rings. The van der Waals surface area contributed by atoms with Gasteiger partial charge in [-0.25, -0.2) is 0 Å². The zero-order valence-corrected chi connectivity index (χ0v) is 16.0. The van der Waals surface area contributed by atoms with Gasteiger partial charge in [-0.1, -0.05) is 83.5 Å². The Balaban J connectivity index is 1.71. The van der Waals surface area contributed by atoms with Gasteiger partial charge in [-0.3, -0.25) is 4.79 Å². The molecule has 0 radical (unpaired) electrons. The Bertz CT molecular complexity index is 299. The molecule has 0 atom stereocenters. The molecule has 0 unspecified atom stereocenters. The molecule has 2 nitrogen and oxygen atoms in total. The molecule has 0 aromatic heterocycles. The van der Waals surface area contributed by atoms with Gasteiger partial charge in [0.1, 0.15) is 5.60 Å². The van der Waals surface area contributed by atoms with Crippen molar-refractivity contribution in [3.63, 3.8) is 0 Å². The molecular weight excluding hydrogens is 284 g/mol. The molecule has 23 heavy (non-hydrogen) atoms. The standard InChI is InChI=1S/C21H40O2/c1-21(2,3)23-20(22)16-14-12-10-8-6-4-5-7-9-11-13-15-19-17-18-19/h19H,4-18H2,1-3H3. The number of hydrogen-bond acceptors (Lipinski definition) is 2. The molecule has 0 spiro atoms. The molecule has 0 aliphatic heterocycles. The molecule has 1 aliphatic carbocycles. The molecule has 1 aliphatic rings. The number of carbonyl (C=O) groups is 1. The van der Waals surface area contributed by atoms with Gasteiger partial charge in [0.15, 0.2) is 0 Å². The summed E-state index contributed by atoms with van der Waals surface area (Å²) in [6.45, 7) is 5.79. The van der Waals surface area contributed by atoms with Crippen LogP contribution in [0.2, 0.25) is 0 Å². The van der Waals surface area contributed by atoms with Crippen LogP contribution in [0.4, 0.5) is 0 Å². The molecule has 1 rings (SSSR count). The van der Waals surface area contributed by atoms with E-state index in [0.29, 0.717) is 6.42 Å². The summed E-state index contributed by atoms with van der Waals surface area (Å²) < 4.78 is 5.32. The number of esters is 1. The second-order valence-electron chi connectivity index (χ2n) is 8.46. The molecule has 1 fully saturated rings. The van der Waals surface area contributed by atoms with Crippen molar-refractivity contribution in [1.82, 2.24) is 0 Å². The van der Waals surface area contributed by atoms with Crippen LogP contribution in [-0.4, -0.2) is 11.6 Å². The van der Waals surface area contributed by atoms with Crippen molar-refractivity contribution >= 4 is 5.97 Å². The minimum absolute atomic E-state index is 0.0424. The van der Waals surface area contributed by atoms with Crippen LogP contribution in [0.15, 0.2) is 0 Å². The third-order valence-electron chi connectivity index (χ3n) is 4.61. The van der Waals surface area contributed by atoms with Gasteiger partial charge in [0, 0.05) is 6.42 Å².